The predicted molar refractivity (Wildman–Crippen MR) is 82.0 cm³/mol. The van der Waals surface area contributed by atoms with E-state index in [4.69, 9.17) is 10.3 Å². The number of halogens is 2. The van der Waals surface area contributed by atoms with Crippen molar-refractivity contribution in [1.29, 1.82) is 0 Å². The van der Waals surface area contributed by atoms with Gasteiger partial charge in [-0.25, -0.2) is 4.39 Å². The summed E-state index contributed by atoms with van der Waals surface area (Å²) in [4.78, 5) is 4.29. The van der Waals surface area contributed by atoms with Crippen molar-refractivity contribution in [3.05, 3.63) is 52.3 Å². The molecule has 0 aliphatic rings. The van der Waals surface area contributed by atoms with Gasteiger partial charge < -0.3 is 10.3 Å². The summed E-state index contributed by atoms with van der Waals surface area (Å²) in [6.07, 6.45) is 0. The maximum Gasteiger partial charge on any atom is 0.258 e. The predicted octanol–water partition coefficient (Wildman–Crippen LogP) is 4.20. The number of aromatic nitrogens is 2. The van der Waals surface area contributed by atoms with Gasteiger partial charge in [0.15, 0.2) is 0 Å². The number of nitrogens with zero attached hydrogens (tertiary/aromatic N) is 2. The smallest absolute Gasteiger partial charge is 0.258 e. The molecule has 0 saturated heterocycles. The Morgan fingerprint density at radius 1 is 1.14 bits per heavy atom. The van der Waals surface area contributed by atoms with Crippen LogP contribution in [0, 0.1) is 12.7 Å². The van der Waals surface area contributed by atoms with Crippen LogP contribution in [0.3, 0.4) is 0 Å². The van der Waals surface area contributed by atoms with E-state index in [1.165, 1.54) is 12.1 Å². The molecule has 0 amide bonds. The van der Waals surface area contributed by atoms with E-state index in [2.05, 4.69) is 26.1 Å². The summed E-state index contributed by atoms with van der Waals surface area (Å²) in [5.74, 6) is 0.351. The Labute approximate surface area is 128 Å². The first-order chi connectivity index (χ1) is 10.0. The van der Waals surface area contributed by atoms with Crippen molar-refractivity contribution in [1.82, 2.24) is 10.1 Å². The SMILES string of the molecule is Cc1cc(F)cc(-c2noc(-c3ccc(Br)c(N)c3)n2)c1. The third-order valence-corrected chi connectivity index (χ3v) is 3.69. The molecule has 106 valence electrons. The molecule has 0 saturated carbocycles. The molecule has 1 aromatic heterocycles. The number of anilines is 1. The highest BCUT2D eigenvalue weighted by Crippen LogP contribution is 2.28. The first-order valence-corrected chi connectivity index (χ1v) is 6.99. The van der Waals surface area contributed by atoms with E-state index < -0.39 is 0 Å². The molecule has 2 N–H and O–H groups in total. The standard InChI is InChI=1S/C15H11BrFN3O/c1-8-4-10(6-11(17)5-8)14-19-15(21-20-14)9-2-3-12(16)13(18)7-9/h2-7H,18H2,1H3. The molecule has 6 heteroatoms. The van der Waals surface area contributed by atoms with E-state index in [9.17, 15) is 4.39 Å². The lowest BCUT2D eigenvalue weighted by Crippen LogP contribution is -1.88. The van der Waals surface area contributed by atoms with E-state index in [0.29, 0.717) is 28.5 Å². The highest BCUT2D eigenvalue weighted by molar-refractivity contribution is 9.10. The highest BCUT2D eigenvalue weighted by Gasteiger charge is 2.12. The summed E-state index contributed by atoms with van der Waals surface area (Å²) in [7, 11) is 0. The molecular weight excluding hydrogens is 337 g/mol. The summed E-state index contributed by atoms with van der Waals surface area (Å²) in [6.45, 7) is 1.81. The molecule has 3 aromatic rings. The highest BCUT2D eigenvalue weighted by atomic mass is 79.9. The van der Waals surface area contributed by atoms with Crippen LogP contribution in [0.1, 0.15) is 5.56 Å². The van der Waals surface area contributed by atoms with E-state index in [-0.39, 0.29) is 5.82 Å². The first-order valence-electron chi connectivity index (χ1n) is 6.19. The molecule has 0 fully saturated rings. The number of nitrogen functional groups attached to an aromatic ring is 1. The molecule has 3 rings (SSSR count). The second kappa shape index (κ2) is 5.29. The summed E-state index contributed by atoms with van der Waals surface area (Å²) < 4.78 is 19.5. The largest absolute Gasteiger partial charge is 0.398 e. The number of hydrogen-bond donors (Lipinski definition) is 1. The second-order valence-corrected chi connectivity index (χ2v) is 5.53. The summed E-state index contributed by atoms with van der Waals surface area (Å²) >= 11 is 3.33. The molecule has 0 aliphatic carbocycles. The molecule has 4 nitrogen and oxygen atoms in total. The fraction of sp³-hybridized carbons (Fsp3) is 0.0667. The third-order valence-electron chi connectivity index (χ3n) is 2.97. The lowest BCUT2D eigenvalue weighted by atomic mass is 10.1. The quantitative estimate of drug-likeness (QED) is 0.705. The zero-order chi connectivity index (χ0) is 15.0. The Hall–Kier alpha value is -2.21. The van der Waals surface area contributed by atoms with Crippen molar-refractivity contribution in [2.75, 3.05) is 5.73 Å². The fourth-order valence-electron chi connectivity index (χ4n) is 2.00. The average molecular weight is 348 g/mol. The Kier molecular flexibility index (Phi) is 3.47. The number of benzene rings is 2. The summed E-state index contributed by atoms with van der Waals surface area (Å²) in [5, 5.41) is 3.89. The van der Waals surface area contributed by atoms with Gasteiger partial charge in [0.1, 0.15) is 5.82 Å². The minimum absolute atomic E-state index is 0.329. The van der Waals surface area contributed by atoms with Gasteiger partial charge in [0.05, 0.1) is 0 Å². The molecule has 0 spiro atoms. The zero-order valence-corrected chi connectivity index (χ0v) is 12.7. The van der Waals surface area contributed by atoms with Gasteiger partial charge >= 0.3 is 0 Å². The minimum Gasteiger partial charge on any atom is -0.398 e. The number of aryl methyl sites for hydroxylation is 1. The minimum atomic E-state index is -0.329. The van der Waals surface area contributed by atoms with Gasteiger partial charge in [-0.15, -0.1) is 0 Å². The van der Waals surface area contributed by atoms with Gasteiger partial charge in [0.25, 0.3) is 5.89 Å². The topological polar surface area (TPSA) is 64.9 Å². The molecule has 0 radical (unpaired) electrons. The lowest BCUT2D eigenvalue weighted by Gasteiger charge is -1.99. The Morgan fingerprint density at radius 3 is 2.67 bits per heavy atom. The maximum absolute atomic E-state index is 13.4. The van der Waals surface area contributed by atoms with Gasteiger partial charge in [0.2, 0.25) is 5.82 Å². The van der Waals surface area contributed by atoms with Crippen molar-refractivity contribution >= 4 is 21.6 Å². The second-order valence-electron chi connectivity index (χ2n) is 4.68. The normalized spacial score (nSPS) is 10.8. The zero-order valence-electron chi connectivity index (χ0n) is 11.1. The van der Waals surface area contributed by atoms with Crippen LogP contribution in [0.4, 0.5) is 10.1 Å². The van der Waals surface area contributed by atoms with E-state index in [1.807, 2.05) is 13.0 Å². The number of rotatable bonds is 2. The van der Waals surface area contributed by atoms with E-state index in [0.717, 1.165) is 10.0 Å². The molecule has 21 heavy (non-hydrogen) atoms. The van der Waals surface area contributed by atoms with Crippen LogP contribution in [-0.2, 0) is 0 Å². The summed E-state index contributed by atoms with van der Waals surface area (Å²) in [5.41, 5.74) is 8.49. The van der Waals surface area contributed by atoms with Crippen molar-refractivity contribution in [2.45, 2.75) is 6.92 Å². The Balaban J connectivity index is 2.01. The molecule has 0 unspecified atom stereocenters. The van der Waals surface area contributed by atoms with Gasteiger partial charge in [-0.2, -0.15) is 4.98 Å². The molecular formula is C15H11BrFN3O. The maximum atomic E-state index is 13.4. The molecule has 0 bridgehead atoms. The fourth-order valence-corrected chi connectivity index (χ4v) is 2.25. The van der Waals surface area contributed by atoms with Crippen LogP contribution >= 0.6 is 15.9 Å². The van der Waals surface area contributed by atoms with Crippen LogP contribution < -0.4 is 5.73 Å². The van der Waals surface area contributed by atoms with Crippen LogP contribution in [-0.4, -0.2) is 10.1 Å². The van der Waals surface area contributed by atoms with Crippen molar-refractivity contribution in [3.8, 4) is 22.8 Å². The van der Waals surface area contributed by atoms with Gasteiger partial charge in [-0.3, -0.25) is 0 Å². The molecule has 0 atom stereocenters. The van der Waals surface area contributed by atoms with E-state index in [1.54, 1.807) is 18.2 Å². The van der Waals surface area contributed by atoms with Crippen LogP contribution in [0.2, 0.25) is 0 Å². The lowest BCUT2D eigenvalue weighted by molar-refractivity contribution is 0.432. The van der Waals surface area contributed by atoms with Crippen molar-refractivity contribution in [2.24, 2.45) is 0 Å². The third kappa shape index (κ3) is 2.80. The Bertz CT molecular complexity index is 796. The summed E-state index contributed by atoms with van der Waals surface area (Å²) in [6, 6.07) is 9.97. The molecule has 2 aromatic carbocycles. The van der Waals surface area contributed by atoms with Gasteiger partial charge in [-0.1, -0.05) is 5.16 Å². The van der Waals surface area contributed by atoms with E-state index >= 15 is 0 Å². The van der Waals surface area contributed by atoms with Crippen LogP contribution in [0.5, 0.6) is 0 Å². The monoisotopic (exact) mass is 347 g/mol. The Morgan fingerprint density at radius 2 is 1.95 bits per heavy atom. The van der Waals surface area contributed by atoms with Crippen LogP contribution in [0.25, 0.3) is 22.8 Å². The number of nitrogens with two attached hydrogens (primary N) is 1. The van der Waals surface area contributed by atoms with Crippen molar-refractivity contribution < 1.29 is 8.91 Å². The van der Waals surface area contributed by atoms with Gasteiger partial charge in [-0.05, 0) is 64.8 Å². The average Bonchev–Trinajstić information content (AvgIpc) is 2.90. The van der Waals surface area contributed by atoms with Gasteiger partial charge in [0, 0.05) is 21.3 Å². The van der Waals surface area contributed by atoms with Crippen molar-refractivity contribution in [3.63, 3.8) is 0 Å². The number of hydrogen-bond acceptors (Lipinski definition) is 4. The first kappa shape index (κ1) is 13.8. The van der Waals surface area contributed by atoms with Crippen LogP contribution in [0.15, 0.2) is 45.4 Å². The molecule has 0 aliphatic heterocycles. The molecule has 1 heterocycles.